The number of hydrogen-bond donors (Lipinski definition) is 1. The fourth-order valence-electron chi connectivity index (χ4n) is 3.84. The summed E-state index contributed by atoms with van der Waals surface area (Å²) in [5, 5.41) is 5.19. The van der Waals surface area contributed by atoms with E-state index in [1.165, 1.54) is 75.3 Å². The molecule has 0 amide bonds. The molecule has 2 aliphatic rings. The molecule has 0 radical (unpaired) electrons. The summed E-state index contributed by atoms with van der Waals surface area (Å²) >= 11 is 2.00. The molecule has 0 aromatic carbocycles. The Morgan fingerprint density at radius 3 is 2.62 bits per heavy atom. The Kier molecular flexibility index (Phi) is 4.97. The number of aryl methyl sites for hydroxylation is 2. The van der Waals surface area contributed by atoms with Crippen LogP contribution >= 0.6 is 11.3 Å². The number of rotatable bonds is 5. The Bertz CT molecular complexity index is 437. The van der Waals surface area contributed by atoms with E-state index in [0.29, 0.717) is 0 Å². The van der Waals surface area contributed by atoms with Crippen molar-refractivity contribution in [3.8, 4) is 0 Å². The molecule has 4 heteroatoms. The van der Waals surface area contributed by atoms with E-state index in [0.717, 1.165) is 6.54 Å². The molecule has 0 bridgehead atoms. The number of nitrogens with one attached hydrogen (secondary N) is 1. The van der Waals surface area contributed by atoms with Gasteiger partial charge in [-0.1, -0.05) is 13.8 Å². The highest BCUT2D eigenvalue weighted by molar-refractivity contribution is 7.11. The molecule has 1 aliphatic heterocycles. The predicted octanol–water partition coefficient (Wildman–Crippen LogP) is 3.33. The molecule has 1 aromatic heterocycles. The maximum Gasteiger partial charge on any atom is 0.113 e. The van der Waals surface area contributed by atoms with Crippen LogP contribution in [-0.4, -0.2) is 36.1 Å². The first-order valence-electron chi connectivity index (χ1n) is 8.74. The Morgan fingerprint density at radius 1 is 1.19 bits per heavy atom. The van der Waals surface area contributed by atoms with Crippen molar-refractivity contribution in [2.45, 2.75) is 64.3 Å². The lowest BCUT2D eigenvalue weighted by molar-refractivity contribution is 0.135. The highest BCUT2D eigenvalue weighted by Gasteiger charge is 2.38. The van der Waals surface area contributed by atoms with E-state index in [9.17, 15) is 0 Å². The van der Waals surface area contributed by atoms with Crippen LogP contribution in [0.4, 0.5) is 0 Å². The largest absolute Gasteiger partial charge is 0.306 e. The summed E-state index contributed by atoms with van der Waals surface area (Å²) in [5.41, 5.74) is 1.57. The van der Waals surface area contributed by atoms with Crippen LogP contribution < -0.4 is 5.32 Å². The fraction of sp³-hybridized carbons (Fsp3) is 0.824. The second-order valence-corrected chi connectivity index (χ2v) is 7.63. The average Bonchev–Trinajstić information content (AvgIpc) is 2.94. The Hall–Kier alpha value is -0.450. The molecule has 2 heterocycles. The minimum atomic E-state index is 0.154. The Morgan fingerprint density at radius 2 is 1.95 bits per heavy atom. The molecular weight excluding hydrogens is 278 g/mol. The lowest BCUT2D eigenvalue weighted by Crippen LogP contribution is -2.51. The van der Waals surface area contributed by atoms with Crippen LogP contribution in [0.1, 0.15) is 61.5 Å². The molecule has 3 rings (SSSR count). The number of hydrogen-bond acceptors (Lipinski definition) is 4. The van der Waals surface area contributed by atoms with E-state index >= 15 is 0 Å². The van der Waals surface area contributed by atoms with Crippen molar-refractivity contribution >= 4 is 11.3 Å². The number of piperidine rings is 1. The van der Waals surface area contributed by atoms with Crippen LogP contribution in [0.25, 0.3) is 0 Å². The zero-order valence-electron chi connectivity index (χ0n) is 13.6. The van der Waals surface area contributed by atoms with Gasteiger partial charge in [-0.15, -0.1) is 11.3 Å². The molecule has 0 unspecified atom stereocenters. The summed E-state index contributed by atoms with van der Waals surface area (Å²) in [4.78, 5) is 9.26. The van der Waals surface area contributed by atoms with E-state index in [-0.39, 0.29) is 5.54 Å². The third kappa shape index (κ3) is 3.17. The Labute approximate surface area is 133 Å². The number of thiazole rings is 1. The summed E-state index contributed by atoms with van der Waals surface area (Å²) in [5.74, 6) is 0. The standard InChI is InChI=1S/C17H29N3S/c1-3-11-20-12-9-17(10-13-20,18-4-2)16-19-14-7-5-6-8-15(14)21-16/h18H,3-13H2,1-2H3. The van der Waals surface area contributed by atoms with Gasteiger partial charge in [0.05, 0.1) is 11.2 Å². The summed E-state index contributed by atoms with van der Waals surface area (Å²) in [7, 11) is 0. The van der Waals surface area contributed by atoms with Crippen LogP contribution in [0.2, 0.25) is 0 Å². The second kappa shape index (κ2) is 6.76. The van der Waals surface area contributed by atoms with Crippen molar-refractivity contribution in [3.63, 3.8) is 0 Å². The van der Waals surface area contributed by atoms with Crippen LogP contribution in [0.3, 0.4) is 0 Å². The highest BCUT2D eigenvalue weighted by atomic mass is 32.1. The first-order valence-corrected chi connectivity index (χ1v) is 9.55. The highest BCUT2D eigenvalue weighted by Crippen LogP contribution is 2.38. The molecule has 0 saturated carbocycles. The maximum atomic E-state index is 5.07. The summed E-state index contributed by atoms with van der Waals surface area (Å²) < 4.78 is 0. The summed E-state index contributed by atoms with van der Waals surface area (Å²) in [6.45, 7) is 9.22. The topological polar surface area (TPSA) is 28.2 Å². The smallest absolute Gasteiger partial charge is 0.113 e. The molecule has 1 saturated heterocycles. The fourth-order valence-corrected chi connectivity index (χ4v) is 5.21. The van der Waals surface area contributed by atoms with Crippen LogP contribution in [0.5, 0.6) is 0 Å². The predicted molar refractivity (Wildman–Crippen MR) is 90.1 cm³/mol. The molecule has 0 atom stereocenters. The SMILES string of the molecule is CCCN1CCC(NCC)(c2nc3c(s2)CCCC3)CC1. The quantitative estimate of drug-likeness (QED) is 0.904. The number of likely N-dealkylation sites (tertiary alicyclic amines) is 1. The monoisotopic (exact) mass is 307 g/mol. The van der Waals surface area contributed by atoms with Crippen LogP contribution in [-0.2, 0) is 18.4 Å². The first-order chi connectivity index (χ1) is 10.3. The van der Waals surface area contributed by atoms with E-state index < -0.39 is 0 Å². The zero-order chi connectivity index (χ0) is 14.7. The summed E-state index contributed by atoms with van der Waals surface area (Å²) in [6.07, 6.45) is 8.84. The Balaban J connectivity index is 1.79. The van der Waals surface area contributed by atoms with Crippen molar-refractivity contribution in [2.24, 2.45) is 0 Å². The van der Waals surface area contributed by atoms with Crippen molar-refractivity contribution in [1.29, 1.82) is 0 Å². The molecular formula is C17H29N3S. The van der Waals surface area contributed by atoms with Crippen molar-refractivity contribution in [1.82, 2.24) is 15.2 Å². The van der Waals surface area contributed by atoms with E-state index in [2.05, 4.69) is 24.1 Å². The van der Waals surface area contributed by atoms with Crippen LogP contribution in [0, 0.1) is 0 Å². The van der Waals surface area contributed by atoms with E-state index in [1.807, 2.05) is 11.3 Å². The molecule has 1 aliphatic carbocycles. The molecule has 1 N–H and O–H groups in total. The normalized spacial score (nSPS) is 22.2. The number of aromatic nitrogens is 1. The molecule has 21 heavy (non-hydrogen) atoms. The van der Waals surface area contributed by atoms with Gasteiger partial charge in [0.1, 0.15) is 5.01 Å². The van der Waals surface area contributed by atoms with Gasteiger partial charge in [-0.3, -0.25) is 0 Å². The van der Waals surface area contributed by atoms with Gasteiger partial charge in [0, 0.05) is 18.0 Å². The lowest BCUT2D eigenvalue weighted by atomic mass is 9.87. The molecule has 118 valence electrons. The maximum absolute atomic E-state index is 5.07. The third-order valence-corrected chi connectivity index (χ3v) is 6.38. The minimum Gasteiger partial charge on any atom is -0.306 e. The van der Waals surface area contributed by atoms with Gasteiger partial charge in [0.15, 0.2) is 0 Å². The summed E-state index contributed by atoms with van der Waals surface area (Å²) in [6, 6.07) is 0. The molecule has 1 fully saturated rings. The first kappa shape index (κ1) is 15.4. The minimum absolute atomic E-state index is 0.154. The van der Waals surface area contributed by atoms with Crippen molar-refractivity contribution in [2.75, 3.05) is 26.2 Å². The second-order valence-electron chi connectivity index (χ2n) is 6.55. The van der Waals surface area contributed by atoms with Crippen molar-refractivity contribution in [3.05, 3.63) is 15.6 Å². The van der Waals surface area contributed by atoms with Gasteiger partial charge in [-0.25, -0.2) is 4.98 Å². The van der Waals surface area contributed by atoms with Gasteiger partial charge in [-0.2, -0.15) is 0 Å². The van der Waals surface area contributed by atoms with E-state index in [4.69, 9.17) is 4.98 Å². The van der Waals surface area contributed by atoms with E-state index in [1.54, 1.807) is 4.88 Å². The molecule has 0 spiro atoms. The van der Waals surface area contributed by atoms with Crippen LogP contribution in [0.15, 0.2) is 0 Å². The van der Waals surface area contributed by atoms with Crippen molar-refractivity contribution < 1.29 is 0 Å². The van der Waals surface area contributed by atoms with Gasteiger partial charge in [0.2, 0.25) is 0 Å². The number of nitrogens with zero attached hydrogens (tertiary/aromatic N) is 2. The van der Waals surface area contributed by atoms with Gasteiger partial charge < -0.3 is 10.2 Å². The zero-order valence-corrected chi connectivity index (χ0v) is 14.4. The third-order valence-electron chi connectivity index (χ3n) is 5.02. The van der Waals surface area contributed by atoms with Gasteiger partial charge >= 0.3 is 0 Å². The average molecular weight is 308 g/mol. The van der Waals surface area contributed by atoms with Gasteiger partial charge in [-0.05, 0) is 58.0 Å². The molecule has 1 aromatic rings. The van der Waals surface area contributed by atoms with Gasteiger partial charge in [0.25, 0.3) is 0 Å². The molecule has 3 nitrogen and oxygen atoms in total. The lowest BCUT2D eigenvalue weighted by Gasteiger charge is -2.41. The number of fused-ring (bicyclic) bond motifs is 1.